The quantitative estimate of drug-likeness (QED) is 0.146. The number of rotatable bonds is 13. The van der Waals surface area contributed by atoms with Crippen molar-refractivity contribution in [1.29, 1.82) is 0 Å². The monoisotopic (exact) mass is 437 g/mol. The molecule has 0 radical (unpaired) electrons. The van der Waals surface area contributed by atoms with E-state index in [1.54, 1.807) is 7.11 Å². The first kappa shape index (κ1) is 25.5. The molecule has 2 aromatic carbocycles. The molecule has 0 amide bonds. The van der Waals surface area contributed by atoms with Gasteiger partial charge in [0.1, 0.15) is 25.2 Å². The highest BCUT2D eigenvalue weighted by Gasteiger charge is 2.13. The number of ether oxygens (including phenoxy) is 2. The molecule has 0 spiro atoms. The normalized spacial score (nSPS) is 12.8. The maximum Gasteiger partial charge on any atom is 0.125 e. The van der Waals surface area contributed by atoms with E-state index in [1.165, 1.54) is 5.56 Å². The minimum absolute atomic E-state index is 0.366. The summed E-state index contributed by atoms with van der Waals surface area (Å²) < 4.78 is 11.9. The molecule has 174 valence electrons. The number of nitrogens with zero attached hydrogens (tertiary/aromatic N) is 1. The number of hydrogen-bond donors (Lipinski definition) is 0. The van der Waals surface area contributed by atoms with Gasteiger partial charge >= 0.3 is 0 Å². The van der Waals surface area contributed by atoms with E-state index in [1.807, 2.05) is 31.2 Å². The molecule has 0 aliphatic rings. The molecule has 1 atom stereocenters. The largest absolute Gasteiger partial charge is 0.493 e. The maximum atomic E-state index is 6.12. The van der Waals surface area contributed by atoms with Crippen LogP contribution in [0.3, 0.4) is 0 Å². The number of unbranched alkanes of at least 4 members (excludes halogenated alkanes) is 1. The van der Waals surface area contributed by atoms with Crippen LogP contribution >= 0.6 is 0 Å². The fourth-order valence-electron chi connectivity index (χ4n) is 3.67. The Labute approximate surface area is 194 Å². The lowest BCUT2D eigenvalue weighted by Gasteiger charge is -2.15. The third kappa shape index (κ3) is 7.74. The van der Waals surface area contributed by atoms with Gasteiger partial charge in [0, 0.05) is 5.92 Å². The molecule has 0 N–H and O–H groups in total. The summed E-state index contributed by atoms with van der Waals surface area (Å²) in [5.41, 5.74) is 5.72. The lowest BCUT2D eigenvalue weighted by Crippen LogP contribution is -2.12. The number of allylic oxidation sites excluding steroid dienone is 1. The van der Waals surface area contributed by atoms with Crippen LogP contribution in [0, 0.1) is 19.8 Å². The summed E-state index contributed by atoms with van der Waals surface area (Å²) in [6.07, 6.45) is 8.13. The summed E-state index contributed by atoms with van der Waals surface area (Å²) in [6.45, 7) is 11.8. The van der Waals surface area contributed by atoms with Crippen LogP contribution in [-0.4, -0.2) is 26.0 Å². The van der Waals surface area contributed by atoms with Crippen LogP contribution in [0.25, 0.3) is 0 Å². The SMILES string of the molecule is C/C=C/COc1cc(C)c(OCCCCc2cccc(/C(=N/OC)C(C)CC)c2)c(C)c1. The van der Waals surface area contributed by atoms with Crippen LogP contribution in [0.15, 0.2) is 53.7 Å². The van der Waals surface area contributed by atoms with Crippen LogP contribution in [0.1, 0.15) is 62.3 Å². The van der Waals surface area contributed by atoms with E-state index in [9.17, 15) is 0 Å². The molecule has 0 saturated heterocycles. The fourth-order valence-corrected chi connectivity index (χ4v) is 3.67. The smallest absolute Gasteiger partial charge is 0.125 e. The highest BCUT2D eigenvalue weighted by Crippen LogP contribution is 2.28. The van der Waals surface area contributed by atoms with Crippen molar-refractivity contribution in [1.82, 2.24) is 0 Å². The molecule has 0 aliphatic carbocycles. The first-order valence-electron chi connectivity index (χ1n) is 11.7. The van der Waals surface area contributed by atoms with Crippen molar-refractivity contribution in [3.63, 3.8) is 0 Å². The number of hydrogen-bond acceptors (Lipinski definition) is 4. The predicted octanol–water partition coefficient (Wildman–Crippen LogP) is 7.06. The zero-order valence-corrected chi connectivity index (χ0v) is 20.6. The average molecular weight is 438 g/mol. The van der Waals surface area contributed by atoms with Gasteiger partial charge in [-0.1, -0.05) is 49.4 Å². The lowest BCUT2D eigenvalue weighted by atomic mass is 9.94. The summed E-state index contributed by atoms with van der Waals surface area (Å²) in [7, 11) is 1.61. The highest BCUT2D eigenvalue weighted by atomic mass is 16.6. The van der Waals surface area contributed by atoms with Crippen LogP contribution < -0.4 is 9.47 Å². The molecule has 0 heterocycles. The van der Waals surface area contributed by atoms with Crippen molar-refractivity contribution in [3.05, 3.63) is 70.8 Å². The third-order valence-electron chi connectivity index (χ3n) is 5.61. The summed E-state index contributed by atoms with van der Waals surface area (Å²) >= 11 is 0. The summed E-state index contributed by atoms with van der Waals surface area (Å²) in [5.74, 6) is 2.23. The minimum atomic E-state index is 0.366. The van der Waals surface area contributed by atoms with Gasteiger partial charge < -0.3 is 14.3 Å². The first-order valence-corrected chi connectivity index (χ1v) is 11.7. The van der Waals surface area contributed by atoms with Gasteiger partial charge in [-0.3, -0.25) is 0 Å². The average Bonchev–Trinajstić information content (AvgIpc) is 2.78. The second-order valence-corrected chi connectivity index (χ2v) is 8.24. The van der Waals surface area contributed by atoms with Crippen molar-refractivity contribution in [3.8, 4) is 11.5 Å². The van der Waals surface area contributed by atoms with Gasteiger partial charge in [-0.2, -0.15) is 0 Å². The Morgan fingerprint density at radius 2 is 1.81 bits per heavy atom. The molecule has 4 nitrogen and oxygen atoms in total. The van der Waals surface area contributed by atoms with E-state index in [2.05, 4.69) is 57.1 Å². The molecule has 0 fully saturated rings. The van der Waals surface area contributed by atoms with Gasteiger partial charge in [-0.05, 0) is 86.9 Å². The number of benzene rings is 2. The zero-order chi connectivity index (χ0) is 23.3. The number of aryl methyl sites for hydroxylation is 3. The van der Waals surface area contributed by atoms with Gasteiger partial charge in [-0.25, -0.2) is 0 Å². The summed E-state index contributed by atoms with van der Waals surface area (Å²) in [6, 6.07) is 12.8. The molecule has 2 aromatic rings. The minimum Gasteiger partial charge on any atom is -0.493 e. The van der Waals surface area contributed by atoms with E-state index in [0.29, 0.717) is 19.1 Å². The second kappa shape index (κ2) is 13.6. The topological polar surface area (TPSA) is 40.0 Å². The first-order chi connectivity index (χ1) is 15.5. The van der Waals surface area contributed by atoms with Crippen LogP contribution in [0.5, 0.6) is 11.5 Å². The van der Waals surface area contributed by atoms with Gasteiger partial charge in [-0.15, -0.1) is 0 Å². The molecule has 1 unspecified atom stereocenters. The Morgan fingerprint density at radius 1 is 1.06 bits per heavy atom. The molecule has 32 heavy (non-hydrogen) atoms. The van der Waals surface area contributed by atoms with E-state index in [-0.39, 0.29) is 0 Å². The van der Waals surface area contributed by atoms with Gasteiger partial charge in [0.25, 0.3) is 0 Å². The molecule has 0 saturated carbocycles. The Morgan fingerprint density at radius 3 is 2.47 bits per heavy atom. The molecule has 2 rings (SSSR count). The summed E-state index contributed by atoms with van der Waals surface area (Å²) in [4.78, 5) is 5.09. The molecule has 0 aliphatic heterocycles. The van der Waals surface area contributed by atoms with E-state index in [0.717, 1.165) is 59.6 Å². The fraction of sp³-hybridized carbons (Fsp3) is 0.464. The third-order valence-corrected chi connectivity index (χ3v) is 5.61. The van der Waals surface area contributed by atoms with Crippen LogP contribution in [0.2, 0.25) is 0 Å². The van der Waals surface area contributed by atoms with Gasteiger partial charge in [0.15, 0.2) is 0 Å². The van der Waals surface area contributed by atoms with Crippen molar-refractivity contribution < 1.29 is 14.3 Å². The second-order valence-electron chi connectivity index (χ2n) is 8.24. The van der Waals surface area contributed by atoms with Gasteiger partial charge in [0.2, 0.25) is 0 Å². The highest BCUT2D eigenvalue weighted by molar-refractivity contribution is 6.01. The predicted molar refractivity (Wildman–Crippen MR) is 134 cm³/mol. The maximum absolute atomic E-state index is 6.12. The Hall–Kier alpha value is -2.75. The molecular weight excluding hydrogens is 398 g/mol. The lowest BCUT2D eigenvalue weighted by molar-refractivity contribution is 0.211. The Bertz CT molecular complexity index is 878. The molecular formula is C28H39NO3. The van der Waals surface area contributed by atoms with Gasteiger partial charge in [0.05, 0.1) is 12.3 Å². The zero-order valence-electron chi connectivity index (χ0n) is 20.6. The molecule has 0 aromatic heterocycles. The van der Waals surface area contributed by atoms with Crippen LogP contribution in [-0.2, 0) is 11.3 Å². The van der Waals surface area contributed by atoms with Crippen molar-refractivity contribution in [2.24, 2.45) is 11.1 Å². The van der Waals surface area contributed by atoms with E-state index < -0.39 is 0 Å². The molecule has 4 heteroatoms. The van der Waals surface area contributed by atoms with E-state index >= 15 is 0 Å². The van der Waals surface area contributed by atoms with Crippen LogP contribution in [0.4, 0.5) is 0 Å². The number of oxime groups is 1. The van der Waals surface area contributed by atoms with Crippen molar-refractivity contribution >= 4 is 5.71 Å². The Kier molecular flexibility index (Phi) is 10.9. The molecule has 0 bridgehead atoms. The van der Waals surface area contributed by atoms with E-state index in [4.69, 9.17) is 14.3 Å². The Balaban J connectivity index is 1.87. The van der Waals surface area contributed by atoms with Crippen molar-refractivity contribution in [2.75, 3.05) is 20.3 Å². The standard InChI is InChI=1S/C28H39NO3/c1-7-9-16-31-26-18-22(4)28(23(5)19-26)32-17-11-10-13-24-14-12-15-25(20-24)27(29-30-6)21(3)8-2/h7,9,12,14-15,18-21H,8,10-11,13,16-17H2,1-6H3/b9-7+,29-27+. The van der Waals surface area contributed by atoms with Crippen molar-refractivity contribution in [2.45, 2.75) is 60.3 Å². The summed E-state index contributed by atoms with van der Waals surface area (Å²) in [5, 5.41) is 4.28.